The highest BCUT2D eigenvalue weighted by Crippen LogP contribution is 2.19. The SMILES string of the molecule is CC(=O)CCN1C(=O)CCC(CN)C1=S. The number of piperidine rings is 1. The first kappa shape index (κ1) is 12.3. The molecule has 4 nitrogen and oxygen atoms in total. The van der Waals surface area contributed by atoms with E-state index >= 15 is 0 Å². The van der Waals surface area contributed by atoms with Gasteiger partial charge < -0.3 is 10.6 Å². The van der Waals surface area contributed by atoms with Gasteiger partial charge in [-0.25, -0.2) is 0 Å². The molecule has 0 spiro atoms. The van der Waals surface area contributed by atoms with Crippen LogP contribution in [0.5, 0.6) is 0 Å². The zero-order valence-electron chi connectivity index (χ0n) is 8.86. The minimum absolute atomic E-state index is 0.0194. The average Bonchev–Trinajstić information content (AvgIpc) is 2.17. The molecule has 1 fully saturated rings. The highest BCUT2D eigenvalue weighted by atomic mass is 32.1. The summed E-state index contributed by atoms with van der Waals surface area (Å²) in [5.74, 6) is 0.205. The first-order valence-electron chi connectivity index (χ1n) is 5.10. The molecule has 0 aromatic heterocycles. The summed E-state index contributed by atoms with van der Waals surface area (Å²) in [5.41, 5.74) is 5.56. The van der Waals surface area contributed by atoms with Crippen LogP contribution in [0.2, 0.25) is 0 Å². The largest absolute Gasteiger partial charge is 0.330 e. The maximum atomic E-state index is 11.6. The number of hydrogen-bond donors (Lipinski definition) is 1. The average molecular weight is 228 g/mol. The van der Waals surface area contributed by atoms with E-state index in [1.165, 1.54) is 11.8 Å². The monoisotopic (exact) mass is 228 g/mol. The van der Waals surface area contributed by atoms with Crippen LogP contribution in [0.15, 0.2) is 0 Å². The molecule has 1 rings (SSSR count). The van der Waals surface area contributed by atoms with Crippen molar-refractivity contribution in [3.8, 4) is 0 Å². The van der Waals surface area contributed by atoms with Crippen LogP contribution in [0.1, 0.15) is 26.2 Å². The Hall–Kier alpha value is -0.810. The van der Waals surface area contributed by atoms with Crippen LogP contribution in [0.3, 0.4) is 0 Å². The lowest BCUT2D eigenvalue weighted by Crippen LogP contribution is -2.46. The summed E-state index contributed by atoms with van der Waals surface area (Å²) in [5, 5.41) is 0. The summed E-state index contributed by atoms with van der Waals surface area (Å²) in [7, 11) is 0. The topological polar surface area (TPSA) is 63.4 Å². The number of nitrogens with two attached hydrogens (primary N) is 1. The number of carbonyl (C=O) groups excluding carboxylic acids is 2. The third-order valence-electron chi connectivity index (χ3n) is 2.59. The van der Waals surface area contributed by atoms with E-state index < -0.39 is 0 Å². The van der Waals surface area contributed by atoms with Gasteiger partial charge in [0.15, 0.2) is 0 Å². The number of carbonyl (C=O) groups is 2. The summed E-state index contributed by atoms with van der Waals surface area (Å²) in [4.78, 5) is 24.6. The molecule has 1 heterocycles. The second kappa shape index (κ2) is 5.32. The molecule has 0 radical (unpaired) electrons. The minimum Gasteiger partial charge on any atom is -0.330 e. The lowest BCUT2D eigenvalue weighted by atomic mass is 9.97. The molecular weight excluding hydrogens is 212 g/mol. The Bertz CT molecular complexity index is 291. The number of nitrogens with zero attached hydrogens (tertiary/aromatic N) is 1. The van der Waals surface area contributed by atoms with E-state index in [-0.39, 0.29) is 17.6 Å². The van der Waals surface area contributed by atoms with Crippen molar-refractivity contribution in [1.82, 2.24) is 4.90 Å². The Kier molecular flexibility index (Phi) is 4.35. The van der Waals surface area contributed by atoms with Gasteiger partial charge in [-0.05, 0) is 13.3 Å². The molecule has 0 bridgehead atoms. The fourth-order valence-electron chi connectivity index (χ4n) is 1.62. The van der Waals surface area contributed by atoms with Crippen LogP contribution in [-0.4, -0.2) is 34.7 Å². The Morgan fingerprint density at radius 1 is 1.67 bits per heavy atom. The van der Waals surface area contributed by atoms with Crippen LogP contribution < -0.4 is 5.73 Å². The van der Waals surface area contributed by atoms with Gasteiger partial charge in [0.05, 0.1) is 4.99 Å². The Balaban J connectivity index is 2.62. The number of ketones is 1. The second-order valence-electron chi connectivity index (χ2n) is 3.81. The molecule has 1 aliphatic heterocycles. The number of hydrogen-bond acceptors (Lipinski definition) is 4. The second-order valence-corrected chi connectivity index (χ2v) is 4.23. The van der Waals surface area contributed by atoms with E-state index in [9.17, 15) is 9.59 Å². The van der Waals surface area contributed by atoms with Crippen molar-refractivity contribution in [3.63, 3.8) is 0 Å². The zero-order chi connectivity index (χ0) is 11.4. The van der Waals surface area contributed by atoms with E-state index in [2.05, 4.69) is 0 Å². The fourth-order valence-corrected chi connectivity index (χ4v) is 2.03. The molecule has 1 atom stereocenters. The summed E-state index contributed by atoms with van der Waals surface area (Å²) >= 11 is 5.19. The van der Waals surface area contributed by atoms with Crippen LogP contribution in [-0.2, 0) is 9.59 Å². The highest BCUT2D eigenvalue weighted by Gasteiger charge is 2.29. The van der Waals surface area contributed by atoms with Gasteiger partial charge in [-0.15, -0.1) is 0 Å². The first-order chi connectivity index (χ1) is 7.06. The van der Waals surface area contributed by atoms with E-state index in [1.807, 2.05) is 0 Å². The lowest BCUT2D eigenvalue weighted by Gasteiger charge is -2.32. The van der Waals surface area contributed by atoms with Crippen molar-refractivity contribution in [2.75, 3.05) is 13.1 Å². The van der Waals surface area contributed by atoms with Gasteiger partial charge in [-0.2, -0.15) is 0 Å². The molecule has 0 aromatic rings. The summed E-state index contributed by atoms with van der Waals surface area (Å²) in [6, 6.07) is 0. The van der Waals surface area contributed by atoms with Gasteiger partial charge >= 0.3 is 0 Å². The smallest absolute Gasteiger partial charge is 0.227 e. The summed E-state index contributed by atoms with van der Waals surface area (Å²) in [6.45, 7) is 2.39. The van der Waals surface area contributed by atoms with Crippen LogP contribution in [0.25, 0.3) is 0 Å². The van der Waals surface area contributed by atoms with Crippen molar-refractivity contribution >= 4 is 28.9 Å². The molecular formula is C10H16N2O2S. The predicted molar refractivity (Wildman–Crippen MR) is 61.4 cm³/mol. The van der Waals surface area contributed by atoms with Crippen molar-refractivity contribution in [2.45, 2.75) is 26.2 Å². The lowest BCUT2D eigenvalue weighted by molar-refractivity contribution is -0.129. The molecule has 1 aliphatic rings. The highest BCUT2D eigenvalue weighted by molar-refractivity contribution is 7.80. The van der Waals surface area contributed by atoms with E-state index in [0.717, 1.165) is 6.42 Å². The molecule has 2 N–H and O–H groups in total. The Morgan fingerprint density at radius 2 is 2.33 bits per heavy atom. The van der Waals surface area contributed by atoms with Crippen molar-refractivity contribution in [1.29, 1.82) is 0 Å². The standard InChI is InChI=1S/C10H16N2O2S/c1-7(13)4-5-12-9(14)3-2-8(6-11)10(12)15/h8H,2-6,11H2,1H3. The minimum atomic E-state index is 0.0194. The molecule has 0 aromatic carbocycles. The number of amides is 1. The van der Waals surface area contributed by atoms with Crippen molar-refractivity contribution in [3.05, 3.63) is 0 Å². The molecule has 1 saturated heterocycles. The van der Waals surface area contributed by atoms with Gasteiger partial charge in [0.1, 0.15) is 5.78 Å². The summed E-state index contributed by atoms with van der Waals surface area (Å²) < 4.78 is 0. The van der Waals surface area contributed by atoms with Crippen LogP contribution in [0.4, 0.5) is 0 Å². The van der Waals surface area contributed by atoms with Gasteiger partial charge in [0.2, 0.25) is 5.91 Å². The number of thiocarbonyl (C=S) groups is 1. The van der Waals surface area contributed by atoms with Gasteiger partial charge in [0.25, 0.3) is 0 Å². The van der Waals surface area contributed by atoms with Crippen LogP contribution in [0, 0.1) is 5.92 Å². The van der Waals surface area contributed by atoms with Crippen LogP contribution >= 0.6 is 12.2 Å². The predicted octanol–water partition coefficient (Wildman–Crippen LogP) is 0.490. The van der Waals surface area contributed by atoms with E-state index in [4.69, 9.17) is 18.0 Å². The third-order valence-corrected chi connectivity index (χ3v) is 3.15. The molecule has 5 heteroatoms. The summed E-state index contributed by atoms with van der Waals surface area (Å²) in [6.07, 6.45) is 1.59. The van der Waals surface area contributed by atoms with Gasteiger partial charge in [-0.1, -0.05) is 12.2 Å². The maximum absolute atomic E-state index is 11.6. The van der Waals surface area contributed by atoms with E-state index in [1.54, 1.807) is 0 Å². The molecule has 84 valence electrons. The number of likely N-dealkylation sites (tertiary alicyclic amines) is 1. The maximum Gasteiger partial charge on any atom is 0.227 e. The molecule has 15 heavy (non-hydrogen) atoms. The first-order valence-corrected chi connectivity index (χ1v) is 5.50. The van der Waals surface area contributed by atoms with E-state index in [0.29, 0.717) is 30.9 Å². The Labute approximate surface area is 94.8 Å². The van der Waals surface area contributed by atoms with Gasteiger partial charge in [-0.3, -0.25) is 9.59 Å². The fraction of sp³-hybridized carbons (Fsp3) is 0.700. The number of rotatable bonds is 4. The zero-order valence-corrected chi connectivity index (χ0v) is 9.68. The van der Waals surface area contributed by atoms with Crippen molar-refractivity contribution in [2.24, 2.45) is 11.7 Å². The number of Topliss-reactive ketones (excluding diaryl/α,β-unsaturated/α-hetero) is 1. The third kappa shape index (κ3) is 3.07. The molecule has 0 saturated carbocycles. The quantitative estimate of drug-likeness (QED) is 0.711. The molecule has 1 unspecified atom stereocenters. The van der Waals surface area contributed by atoms with Gasteiger partial charge in [0, 0.05) is 31.8 Å². The molecule has 1 amide bonds. The Morgan fingerprint density at radius 3 is 2.87 bits per heavy atom. The van der Waals surface area contributed by atoms with Crippen molar-refractivity contribution < 1.29 is 9.59 Å². The normalized spacial score (nSPS) is 22.0. The molecule has 0 aliphatic carbocycles.